The minimum atomic E-state index is -0.963. The standard InChI is InChI=1S/C22H20F2N6O/c1-3-12-10-13(4-5-14(12)20(25)31)29-21-22-28-11-17(30(22)9-8-27-21)15-6-7-16(26-2)19(24)18(15)23/h4-11,26H,3H2,1-2H3,(H2,25,31)(H,27,29). The van der Waals surface area contributed by atoms with Gasteiger partial charge in [-0.2, -0.15) is 0 Å². The molecule has 4 rings (SSSR count). The Morgan fingerprint density at radius 1 is 1.16 bits per heavy atom. The van der Waals surface area contributed by atoms with Gasteiger partial charge in [-0.25, -0.2) is 18.7 Å². The minimum Gasteiger partial charge on any atom is -0.386 e. The van der Waals surface area contributed by atoms with E-state index in [9.17, 15) is 13.6 Å². The van der Waals surface area contributed by atoms with E-state index < -0.39 is 17.5 Å². The van der Waals surface area contributed by atoms with Crippen molar-refractivity contribution in [2.24, 2.45) is 5.73 Å². The number of amides is 1. The monoisotopic (exact) mass is 422 g/mol. The Labute approximate surface area is 176 Å². The fourth-order valence-corrected chi connectivity index (χ4v) is 3.49. The second-order valence-electron chi connectivity index (χ2n) is 6.87. The van der Waals surface area contributed by atoms with Gasteiger partial charge in [-0.15, -0.1) is 0 Å². The first-order valence-electron chi connectivity index (χ1n) is 9.62. The zero-order valence-corrected chi connectivity index (χ0v) is 16.9. The topological polar surface area (TPSA) is 97.3 Å². The van der Waals surface area contributed by atoms with Crippen LogP contribution in [0.1, 0.15) is 22.8 Å². The number of imidazole rings is 1. The molecule has 0 saturated carbocycles. The maximum absolute atomic E-state index is 14.6. The molecule has 0 unspecified atom stereocenters. The third-order valence-corrected chi connectivity index (χ3v) is 5.07. The van der Waals surface area contributed by atoms with E-state index in [4.69, 9.17) is 5.73 Å². The summed E-state index contributed by atoms with van der Waals surface area (Å²) in [6.07, 6.45) is 5.26. The normalized spacial score (nSPS) is 11.0. The van der Waals surface area contributed by atoms with Crippen molar-refractivity contribution < 1.29 is 13.6 Å². The molecular weight excluding hydrogens is 402 g/mol. The molecule has 0 aliphatic carbocycles. The third kappa shape index (κ3) is 3.54. The van der Waals surface area contributed by atoms with Crippen molar-refractivity contribution in [1.29, 1.82) is 0 Å². The van der Waals surface area contributed by atoms with Crippen LogP contribution in [0.2, 0.25) is 0 Å². The quantitative estimate of drug-likeness (QED) is 0.434. The number of rotatable bonds is 6. The molecular formula is C22H20F2N6O. The number of benzene rings is 2. The van der Waals surface area contributed by atoms with Crippen LogP contribution >= 0.6 is 0 Å². The molecule has 4 aromatic rings. The lowest BCUT2D eigenvalue weighted by atomic mass is 10.0. The first-order chi connectivity index (χ1) is 14.9. The molecule has 0 radical (unpaired) electrons. The van der Waals surface area contributed by atoms with Crippen LogP contribution in [0, 0.1) is 11.6 Å². The Hall–Kier alpha value is -4.01. The van der Waals surface area contributed by atoms with E-state index >= 15 is 0 Å². The summed E-state index contributed by atoms with van der Waals surface area (Å²) in [6.45, 7) is 1.93. The molecule has 1 amide bonds. The number of nitrogens with one attached hydrogen (secondary N) is 2. The molecule has 4 N–H and O–H groups in total. The minimum absolute atomic E-state index is 0.0743. The fraction of sp³-hybridized carbons (Fsp3) is 0.136. The largest absolute Gasteiger partial charge is 0.386 e. The van der Waals surface area contributed by atoms with Crippen molar-refractivity contribution in [3.8, 4) is 11.3 Å². The highest BCUT2D eigenvalue weighted by Crippen LogP contribution is 2.30. The summed E-state index contributed by atoms with van der Waals surface area (Å²) in [5, 5.41) is 5.79. The Kier molecular flexibility index (Phi) is 5.24. The predicted octanol–water partition coefficient (Wildman–Crippen LogP) is 4.12. The highest BCUT2D eigenvalue weighted by molar-refractivity contribution is 5.95. The van der Waals surface area contributed by atoms with Gasteiger partial charge < -0.3 is 16.4 Å². The number of hydrogen-bond acceptors (Lipinski definition) is 5. The highest BCUT2D eigenvalue weighted by atomic mass is 19.2. The number of halogens is 2. The summed E-state index contributed by atoms with van der Waals surface area (Å²) >= 11 is 0. The first kappa shape index (κ1) is 20.3. The molecule has 0 fully saturated rings. The molecule has 0 spiro atoms. The summed E-state index contributed by atoms with van der Waals surface area (Å²) in [5.74, 6) is -1.98. The predicted molar refractivity (Wildman–Crippen MR) is 116 cm³/mol. The number of anilines is 3. The smallest absolute Gasteiger partial charge is 0.248 e. The molecule has 7 nitrogen and oxygen atoms in total. The number of nitrogens with two attached hydrogens (primary N) is 1. The van der Waals surface area contributed by atoms with Gasteiger partial charge in [0.15, 0.2) is 23.1 Å². The number of aryl methyl sites for hydroxylation is 1. The van der Waals surface area contributed by atoms with Gasteiger partial charge in [-0.1, -0.05) is 6.92 Å². The lowest BCUT2D eigenvalue weighted by Gasteiger charge is -2.11. The summed E-state index contributed by atoms with van der Waals surface area (Å²) in [4.78, 5) is 20.2. The molecule has 2 aromatic heterocycles. The molecule has 0 bridgehead atoms. The van der Waals surface area contributed by atoms with Crippen molar-refractivity contribution in [1.82, 2.24) is 14.4 Å². The molecule has 0 saturated heterocycles. The summed E-state index contributed by atoms with van der Waals surface area (Å²) in [5.41, 5.74) is 8.36. The summed E-state index contributed by atoms with van der Waals surface area (Å²) in [7, 11) is 1.52. The average Bonchev–Trinajstić information content (AvgIpc) is 3.20. The number of hydrogen-bond donors (Lipinski definition) is 3. The molecule has 0 aliphatic rings. The van der Waals surface area contributed by atoms with Crippen LogP contribution in [0.5, 0.6) is 0 Å². The van der Waals surface area contributed by atoms with E-state index in [1.165, 1.54) is 31.6 Å². The van der Waals surface area contributed by atoms with Gasteiger partial charge in [0, 0.05) is 36.3 Å². The van der Waals surface area contributed by atoms with Crippen LogP contribution in [0.25, 0.3) is 16.9 Å². The molecule has 158 valence electrons. The van der Waals surface area contributed by atoms with Gasteiger partial charge in [0.2, 0.25) is 5.91 Å². The third-order valence-electron chi connectivity index (χ3n) is 5.07. The van der Waals surface area contributed by atoms with Crippen LogP contribution in [-0.2, 0) is 6.42 Å². The highest BCUT2D eigenvalue weighted by Gasteiger charge is 2.18. The van der Waals surface area contributed by atoms with Crippen LogP contribution in [0.15, 0.2) is 48.9 Å². The van der Waals surface area contributed by atoms with Crippen molar-refractivity contribution >= 4 is 28.7 Å². The summed E-state index contributed by atoms with van der Waals surface area (Å²) < 4.78 is 30.5. The first-order valence-corrected chi connectivity index (χ1v) is 9.62. The van der Waals surface area contributed by atoms with E-state index in [1.54, 1.807) is 22.7 Å². The van der Waals surface area contributed by atoms with Crippen LogP contribution in [0.4, 0.5) is 26.0 Å². The second-order valence-corrected chi connectivity index (χ2v) is 6.87. The molecule has 2 heterocycles. The zero-order valence-electron chi connectivity index (χ0n) is 16.9. The van der Waals surface area contributed by atoms with Crippen molar-refractivity contribution in [2.75, 3.05) is 17.7 Å². The van der Waals surface area contributed by atoms with Crippen molar-refractivity contribution in [3.05, 3.63) is 71.7 Å². The van der Waals surface area contributed by atoms with E-state index in [-0.39, 0.29) is 11.3 Å². The number of carbonyl (C=O) groups excluding carboxylic acids is 1. The number of carbonyl (C=O) groups is 1. The Bertz CT molecular complexity index is 1300. The van der Waals surface area contributed by atoms with Crippen LogP contribution in [0.3, 0.4) is 0 Å². The molecule has 0 atom stereocenters. The Balaban J connectivity index is 1.76. The van der Waals surface area contributed by atoms with Gasteiger partial charge in [-0.05, 0) is 42.3 Å². The molecule has 2 aromatic carbocycles. The number of primary amides is 1. The summed E-state index contributed by atoms with van der Waals surface area (Å²) in [6, 6.07) is 8.17. The number of nitrogens with zero attached hydrogens (tertiary/aromatic N) is 3. The molecule has 0 aliphatic heterocycles. The van der Waals surface area contributed by atoms with Crippen molar-refractivity contribution in [2.45, 2.75) is 13.3 Å². The van der Waals surface area contributed by atoms with Gasteiger partial charge in [0.05, 0.1) is 17.6 Å². The van der Waals surface area contributed by atoms with Crippen LogP contribution < -0.4 is 16.4 Å². The lowest BCUT2D eigenvalue weighted by molar-refractivity contribution is 0.0999. The van der Waals surface area contributed by atoms with Gasteiger partial charge >= 0.3 is 0 Å². The SMILES string of the molecule is CCc1cc(Nc2nccn3c(-c4ccc(NC)c(F)c4F)cnc23)ccc1C(N)=O. The van der Waals surface area contributed by atoms with E-state index in [1.807, 2.05) is 13.0 Å². The maximum Gasteiger partial charge on any atom is 0.248 e. The van der Waals surface area contributed by atoms with Gasteiger partial charge in [-0.3, -0.25) is 9.20 Å². The van der Waals surface area contributed by atoms with Crippen LogP contribution in [-0.4, -0.2) is 27.3 Å². The Morgan fingerprint density at radius 3 is 2.68 bits per heavy atom. The van der Waals surface area contributed by atoms with Gasteiger partial charge in [0.1, 0.15) is 0 Å². The Morgan fingerprint density at radius 2 is 1.97 bits per heavy atom. The lowest BCUT2D eigenvalue weighted by Crippen LogP contribution is -2.13. The van der Waals surface area contributed by atoms with Gasteiger partial charge in [0.25, 0.3) is 0 Å². The van der Waals surface area contributed by atoms with E-state index in [2.05, 4.69) is 20.6 Å². The fourth-order valence-electron chi connectivity index (χ4n) is 3.49. The number of aromatic nitrogens is 3. The molecule has 31 heavy (non-hydrogen) atoms. The number of fused-ring (bicyclic) bond motifs is 1. The maximum atomic E-state index is 14.6. The average molecular weight is 422 g/mol. The second kappa shape index (κ2) is 8.02. The van der Waals surface area contributed by atoms with Crippen molar-refractivity contribution in [3.63, 3.8) is 0 Å². The zero-order chi connectivity index (χ0) is 22.1. The van der Waals surface area contributed by atoms with E-state index in [0.29, 0.717) is 34.8 Å². The van der Waals surface area contributed by atoms with E-state index in [0.717, 1.165) is 5.56 Å². The molecule has 9 heteroatoms.